The molecule has 0 aliphatic heterocycles. The maximum atomic E-state index is 9.55. The van der Waals surface area contributed by atoms with Crippen LogP contribution in [0.1, 0.15) is 21.9 Å². The first-order valence-electron chi connectivity index (χ1n) is 30.5. The van der Waals surface area contributed by atoms with Crippen LogP contribution in [0.2, 0.25) is 0 Å². The van der Waals surface area contributed by atoms with Crippen molar-refractivity contribution >= 4 is 87.2 Å². The van der Waals surface area contributed by atoms with Gasteiger partial charge in [0.2, 0.25) is 5.95 Å². The molecule has 0 fully saturated rings. The lowest BCUT2D eigenvalue weighted by Crippen LogP contribution is -2.09. The highest BCUT2D eigenvalue weighted by Crippen LogP contribution is 2.43. The summed E-state index contributed by atoms with van der Waals surface area (Å²) in [5, 5.41) is 2.98. The van der Waals surface area contributed by atoms with Crippen molar-refractivity contribution in [2.45, 2.75) is 0 Å². The summed E-state index contributed by atoms with van der Waals surface area (Å²) >= 11 is 0. The van der Waals surface area contributed by atoms with Gasteiger partial charge in [-0.25, -0.2) is 4.98 Å². The minimum atomic E-state index is -0.698. The van der Waals surface area contributed by atoms with Crippen LogP contribution in [-0.4, -0.2) is 28.2 Å². The average molecular weight is 909 g/mol. The van der Waals surface area contributed by atoms with Crippen LogP contribution < -0.4 is 0 Å². The number of para-hydroxylation sites is 8. The van der Waals surface area contributed by atoms with Gasteiger partial charge in [0.15, 0.2) is 0 Å². The van der Waals surface area contributed by atoms with E-state index in [1.165, 1.54) is 10.6 Å². The topological polar surface area (TPSA) is 45.5 Å². The van der Waals surface area contributed by atoms with Crippen LogP contribution in [0, 0.1) is 0 Å². The van der Waals surface area contributed by atoms with E-state index < -0.39 is 103 Å². The molecule has 70 heavy (non-hydrogen) atoms. The second-order valence-corrected chi connectivity index (χ2v) is 17.0. The van der Waals surface area contributed by atoms with E-state index in [0.29, 0.717) is 22.4 Å². The third kappa shape index (κ3) is 5.56. The van der Waals surface area contributed by atoms with Crippen molar-refractivity contribution in [3.8, 4) is 45.5 Å². The Hall–Kier alpha value is -9.52. The van der Waals surface area contributed by atoms with Crippen molar-refractivity contribution in [3.63, 3.8) is 0 Å². The fourth-order valence-electron chi connectivity index (χ4n) is 10.4. The van der Waals surface area contributed by atoms with Gasteiger partial charge in [-0.1, -0.05) is 170 Å². The second-order valence-electron chi connectivity index (χ2n) is 17.0. The highest BCUT2D eigenvalue weighted by molar-refractivity contribution is 6.13. The molecule has 0 saturated carbocycles. The van der Waals surface area contributed by atoms with Crippen LogP contribution in [0.3, 0.4) is 0 Å². The molecule has 0 bridgehead atoms. The van der Waals surface area contributed by atoms with Crippen LogP contribution in [0.25, 0.3) is 133 Å². The molecule has 6 nitrogen and oxygen atoms in total. The molecule has 0 saturated heterocycles. The molecule has 5 heterocycles. The highest BCUT2D eigenvalue weighted by atomic mass is 15.2. The smallest absolute Gasteiger partial charge is 0.237 e. The average Bonchev–Trinajstić information content (AvgIpc) is 1.61. The van der Waals surface area contributed by atoms with Crippen molar-refractivity contribution in [1.82, 2.24) is 28.2 Å². The summed E-state index contributed by atoms with van der Waals surface area (Å²) in [4.78, 5) is 10.5. The van der Waals surface area contributed by atoms with Gasteiger partial charge in [-0.15, -0.1) is 0 Å². The lowest BCUT2D eigenvalue weighted by atomic mass is 9.95. The van der Waals surface area contributed by atoms with E-state index in [2.05, 4.69) is 33.4 Å². The Labute approximate surface area is 424 Å². The number of hydrogen-bond donors (Lipinski definition) is 0. The maximum absolute atomic E-state index is 9.55. The number of rotatable bonds is 6. The zero-order valence-electron chi connectivity index (χ0n) is 52.5. The molecule has 0 spiro atoms. The van der Waals surface area contributed by atoms with Crippen molar-refractivity contribution in [2.24, 2.45) is 0 Å². The standard InChI is InChI=1S/C64H40N6/c1-9-27-53-44(18-1)45-19-2-10-28-54(45)67(53)42-38-36-41(37-39-42)43-26-17-35-61(68-55-29-11-3-20-46(55)47-21-4-12-30-56(47)68)63(43)52-40-62(69-57-31-13-5-22-48(57)49-23-6-14-32-58(49)69)66-64(65-52)70-59-33-15-7-24-50(59)51-25-8-16-34-60(51)70/h1-40H/i5D,6D,7D,8D,13D,14D,15D,16D,22D,23D,24D,25D,31D,32D,33D,34D. The van der Waals surface area contributed by atoms with Gasteiger partial charge in [0.25, 0.3) is 0 Å². The lowest BCUT2D eigenvalue weighted by Gasteiger charge is -2.20. The van der Waals surface area contributed by atoms with E-state index in [9.17, 15) is 11.0 Å². The number of fused-ring (bicyclic) bond motifs is 12. The Balaban J connectivity index is 1.14. The largest absolute Gasteiger partial charge is 0.309 e. The summed E-state index contributed by atoms with van der Waals surface area (Å²) in [6, 6.07) is 36.9. The normalized spacial score (nSPS) is 15.2. The second kappa shape index (κ2) is 15.0. The summed E-state index contributed by atoms with van der Waals surface area (Å²) in [7, 11) is 0. The highest BCUT2D eigenvalue weighted by Gasteiger charge is 2.24. The molecule has 326 valence electrons. The molecule has 10 aromatic carbocycles. The molecule has 15 aromatic rings. The van der Waals surface area contributed by atoms with E-state index >= 15 is 0 Å². The van der Waals surface area contributed by atoms with Crippen molar-refractivity contribution in [1.29, 1.82) is 0 Å². The minimum absolute atomic E-state index is 0.0669. The Bertz CT molecular complexity index is 5130. The SMILES string of the molecule is [2H]c1c([2H])c([2H])c2c(c1[2H])c1c([2H])c([2H])c([2H])c([2H])c1n2-c1cc(-c2c(-c3ccc(-n4c5ccccc5c5ccccc54)cc3)cccc2-n2c3ccccc3c3ccccc32)nc(-n2c3c([2H])c([2H])c([2H])c([2H])c3c3c([2H])c([2H])c([2H])c([2H])c32)n1. The van der Waals surface area contributed by atoms with Gasteiger partial charge in [-0.2, -0.15) is 4.98 Å². The van der Waals surface area contributed by atoms with Crippen molar-refractivity contribution < 1.29 is 21.9 Å². The van der Waals surface area contributed by atoms with E-state index in [-0.39, 0.29) is 55.1 Å². The lowest BCUT2D eigenvalue weighted by molar-refractivity contribution is 0.951. The van der Waals surface area contributed by atoms with Crippen LogP contribution in [-0.2, 0) is 0 Å². The van der Waals surface area contributed by atoms with Gasteiger partial charge in [0, 0.05) is 60.4 Å². The first kappa shape index (κ1) is 26.1. The molecule has 6 heteroatoms. The van der Waals surface area contributed by atoms with E-state index in [0.717, 1.165) is 53.9 Å². The monoisotopic (exact) mass is 908 g/mol. The molecule has 0 aliphatic rings. The molecule has 15 rings (SSSR count). The summed E-state index contributed by atoms with van der Waals surface area (Å²) in [6.07, 6.45) is 0. The number of hydrogen-bond acceptors (Lipinski definition) is 2. The third-order valence-corrected chi connectivity index (χ3v) is 13.3. The van der Waals surface area contributed by atoms with Gasteiger partial charge in [0.1, 0.15) is 5.82 Å². The van der Waals surface area contributed by atoms with E-state index in [1.807, 2.05) is 115 Å². The zero-order valence-corrected chi connectivity index (χ0v) is 36.5. The minimum Gasteiger partial charge on any atom is -0.309 e. The number of aromatic nitrogens is 6. The van der Waals surface area contributed by atoms with Gasteiger partial charge < -0.3 is 9.13 Å². The summed E-state index contributed by atoms with van der Waals surface area (Å²) in [6.45, 7) is 0. The van der Waals surface area contributed by atoms with Gasteiger partial charge >= 0.3 is 0 Å². The first-order valence-corrected chi connectivity index (χ1v) is 22.5. The van der Waals surface area contributed by atoms with E-state index in [1.54, 1.807) is 0 Å². The predicted octanol–water partition coefficient (Wildman–Crippen LogP) is 16.2. The number of nitrogens with zero attached hydrogens (tertiary/aromatic N) is 6. The van der Waals surface area contributed by atoms with Crippen LogP contribution in [0.15, 0.2) is 242 Å². The summed E-state index contributed by atoms with van der Waals surface area (Å²) < 4.78 is 153. The van der Waals surface area contributed by atoms with Crippen molar-refractivity contribution in [3.05, 3.63) is 242 Å². The van der Waals surface area contributed by atoms with Crippen LogP contribution in [0.5, 0.6) is 0 Å². The van der Waals surface area contributed by atoms with Gasteiger partial charge in [-0.3, -0.25) is 9.13 Å². The zero-order chi connectivity index (χ0) is 59.8. The molecular formula is C64H40N6. The molecule has 5 aromatic heterocycles. The van der Waals surface area contributed by atoms with E-state index in [4.69, 9.17) is 20.9 Å². The molecular weight excluding hydrogens is 853 g/mol. The molecule has 0 amide bonds. The predicted molar refractivity (Wildman–Crippen MR) is 290 cm³/mol. The fraction of sp³-hybridized carbons (Fsp3) is 0. The Kier molecular flexibility index (Phi) is 5.60. The summed E-state index contributed by atoms with van der Waals surface area (Å²) in [5.41, 5.74) is 5.57. The first-order chi connectivity index (χ1) is 41.4. The van der Waals surface area contributed by atoms with Gasteiger partial charge in [-0.05, 0) is 77.8 Å². The molecule has 0 atom stereocenters. The quantitative estimate of drug-likeness (QED) is 0.167. The molecule has 0 N–H and O–H groups in total. The van der Waals surface area contributed by atoms with Crippen LogP contribution in [0.4, 0.5) is 0 Å². The molecule has 0 aliphatic carbocycles. The summed E-state index contributed by atoms with van der Waals surface area (Å²) in [5.74, 6) is -0.685. The number of benzene rings is 10. The van der Waals surface area contributed by atoms with Gasteiger partial charge in [0.05, 0.1) is 77.4 Å². The Morgan fingerprint density at radius 2 is 0.757 bits per heavy atom. The molecule has 0 radical (unpaired) electrons. The third-order valence-electron chi connectivity index (χ3n) is 13.3. The Morgan fingerprint density at radius 1 is 0.329 bits per heavy atom. The van der Waals surface area contributed by atoms with Crippen molar-refractivity contribution in [2.75, 3.05) is 0 Å². The Morgan fingerprint density at radius 3 is 1.24 bits per heavy atom. The maximum Gasteiger partial charge on any atom is 0.237 e. The van der Waals surface area contributed by atoms with Crippen LogP contribution >= 0.6 is 0 Å². The fourth-order valence-corrected chi connectivity index (χ4v) is 10.4. The molecule has 0 unspecified atom stereocenters.